The van der Waals surface area contributed by atoms with Crippen LogP contribution in [0.2, 0.25) is 0 Å². The first-order valence-electron chi connectivity index (χ1n) is 13.2. The van der Waals surface area contributed by atoms with Crippen molar-refractivity contribution >= 4 is 46.4 Å². The van der Waals surface area contributed by atoms with Gasteiger partial charge < -0.3 is 17.5 Å². The number of aryl methyl sites for hydroxylation is 1. The molecule has 0 saturated heterocycles. The molecule has 0 radical (unpaired) electrons. The van der Waals surface area contributed by atoms with E-state index in [0.717, 1.165) is 47.3 Å². The van der Waals surface area contributed by atoms with Crippen molar-refractivity contribution in [2.45, 2.75) is 81.1 Å². The third-order valence-corrected chi connectivity index (χ3v) is 8.82. The van der Waals surface area contributed by atoms with Crippen LogP contribution in [-0.2, 0) is 17.0 Å². The number of benzene rings is 2. The van der Waals surface area contributed by atoms with Gasteiger partial charge in [0.1, 0.15) is 5.58 Å². The Hall–Kier alpha value is -0.710. The Kier molecular flexibility index (Phi) is 18.2. The molecular formula is C30H38Na2O6S2. The van der Waals surface area contributed by atoms with Crippen molar-refractivity contribution in [3.05, 3.63) is 75.1 Å². The van der Waals surface area contributed by atoms with Gasteiger partial charge in [0, 0.05) is 33.9 Å². The summed E-state index contributed by atoms with van der Waals surface area (Å²) in [4.78, 5) is 36.2. The quantitative estimate of drug-likeness (QED) is 0.146. The summed E-state index contributed by atoms with van der Waals surface area (Å²) in [5.74, 6) is -0.334. The fourth-order valence-electron chi connectivity index (χ4n) is 4.33. The first kappa shape index (κ1) is 37.3. The van der Waals surface area contributed by atoms with Crippen molar-refractivity contribution in [1.82, 2.24) is 0 Å². The standard InChI is InChI=1S/C30H36O6S2.2Na.2H/c1-3-5-16-37-19-20-10-8-11-21(17-20)26(12-6-7-13-28(32)33)38-27-15-14-22-24(31)18-25(30(34)35)36-29(22)23(27)9-4-2;;;;/h8,10-11,14-15,17-18,26H,3-7,9,12-13,16,19H2,1-2H3,(H,32,33)(H,34,35);;;;/q;2*+1;2*-1. The van der Waals surface area contributed by atoms with Gasteiger partial charge >= 0.3 is 71.1 Å². The molecule has 3 rings (SSSR count). The van der Waals surface area contributed by atoms with E-state index in [2.05, 4.69) is 31.2 Å². The second-order valence-corrected chi connectivity index (χ2v) is 11.7. The fourth-order valence-corrected chi connectivity index (χ4v) is 6.74. The average Bonchev–Trinajstić information content (AvgIpc) is 2.89. The number of carboxylic acids is 2. The Balaban J connectivity index is 0. The molecule has 0 amide bonds. The van der Waals surface area contributed by atoms with Crippen molar-refractivity contribution in [1.29, 1.82) is 0 Å². The molecule has 0 bridgehead atoms. The number of carboxylic acid groups (broad SMARTS) is 2. The number of aromatic carboxylic acids is 1. The maximum absolute atomic E-state index is 12.6. The van der Waals surface area contributed by atoms with E-state index in [1.165, 1.54) is 24.0 Å². The number of hydrogen-bond donors (Lipinski definition) is 2. The zero-order valence-corrected chi connectivity index (χ0v) is 29.7. The summed E-state index contributed by atoms with van der Waals surface area (Å²) >= 11 is 3.61. The van der Waals surface area contributed by atoms with E-state index in [-0.39, 0.29) is 84.8 Å². The van der Waals surface area contributed by atoms with Gasteiger partial charge in [-0.25, -0.2) is 4.79 Å². The van der Waals surface area contributed by atoms with Crippen LogP contribution < -0.4 is 64.5 Å². The summed E-state index contributed by atoms with van der Waals surface area (Å²) in [7, 11) is 0. The predicted octanol–water partition coefficient (Wildman–Crippen LogP) is 2.19. The van der Waals surface area contributed by atoms with Crippen LogP contribution in [0.5, 0.6) is 0 Å². The molecular weight excluding hydrogens is 566 g/mol. The maximum atomic E-state index is 12.6. The van der Waals surface area contributed by atoms with Gasteiger partial charge in [0.05, 0.1) is 5.39 Å². The molecule has 0 aliphatic carbocycles. The van der Waals surface area contributed by atoms with Crippen LogP contribution in [0.3, 0.4) is 0 Å². The SMILES string of the molecule is CCCCSCc1cccc(C(CCCCC(=O)O)Sc2ccc3c(=O)cc(C(=O)O)oc3c2CCC)c1.[H-].[H-].[Na+].[Na+]. The summed E-state index contributed by atoms with van der Waals surface area (Å²) < 4.78 is 5.74. The molecule has 0 saturated carbocycles. The van der Waals surface area contributed by atoms with Gasteiger partial charge in [-0.05, 0) is 54.7 Å². The number of rotatable bonds is 16. The number of unbranched alkanes of at least 4 members (excludes halogenated alkanes) is 2. The molecule has 3 aromatic rings. The van der Waals surface area contributed by atoms with Gasteiger partial charge in [0.2, 0.25) is 5.76 Å². The minimum absolute atomic E-state index is 0. The Morgan fingerprint density at radius 2 is 1.77 bits per heavy atom. The number of thioether (sulfide) groups is 2. The molecule has 1 atom stereocenters. The van der Waals surface area contributed by atoms with Gasteiger partial charge in [-0.2, -0.15) is 11.8 Å². The molecule has 0 fully saturated rings. The van der Waals surface area contributed by atoms with Crippen LogP contribution in [0.25, 0.3) is 11.0 Å². The Morgan fingerprint density at radius 1 is 1.00 bits per heavy atom. The van der Waals surface area contributed by atoms with E-state index in [9.17, 15) is 19.5 Å². The first-order chi connectivity index (χ1) is 18.3. The smallest absolute Gasteiger partial charge is 1.00 e. The molecule has 1 aromatic heterocycles. The fraction of sp³-hybridized carbons (Fsp3) is 0.433. The Morgan fingerprint density at radius 3 is 2.45 bits per heavy atom. The number of carbonyl (C=O) groups is 2. The molecule has 2 aromatic carbocycles. The van der Waals surface area contributed by atoms with Crippen LogP contribution >= 0.6 is 23.5 Å². The molecule has 6 nitrogen and oxygen atoms in total. The van der Waals surface area contributed by atoms with Gasteiger partial charge in [-0.3, -0.25) is 9.59 Å². The molecule has 0 aliphatic rings. The summed E-state index contributed by atoms with van der Waals surface area (Å²) in [6, 6.07) is 13.3. The van der Waals surface area contributed by atoms with E-state index in [1.54, 1.807) is 17.8 Å². The van der Waals surface area contributed by atoms with Crippen LogP contribution in [0.1, 0.15) is 94.1 Å². The van der Waals surface area contributed by atoms with Crippen molar-refractivity contribution in [3.63, 3.8) is 0 Å². The number of fused-ring (bicyclic) bond motifs is 1. The zero-order valence-electron chi connectivity index (χ0n) is 26.0. The topological polar surface area (TPSA) is 105 Å². The zero-order chi connectivity index (χ0) is 27.5. The molecule has 208 valence electrons. The van der Waals surface area contributed by atoms with Crippen LogP contribution in [0.15, 0.2) is 56.6 Å². The molecule has 1 unspecified atom stereocenters. The molecule has 1 heterocycles. The molecule has 0 spiro atoms. The summed E-state index contributed by atoms with van der Waals surface area (Å²) in [6.45, 7) is 4.23. The summed E-state index contributed by atoms with van der Waals surface area (Å²) in [5, 5.41) is 19.0. The van der Waals surface area contributed by atoms with Crippen molar-refractivity contribution < 1.29 is 86.2 Å². The predicted molar refractivity (Wildman–Crippen MR) is 158 cm³/mol. The van der Waals surface area contributed by atoms with E-state index in [0.29, 0.717) is 23.8 Å². The van der Waals surface area contributed by atoms with Crippen LogP contribution in [-0.4, -0.2) is 27.9 Å². The number of aliphatic carboxylic acids is 1. The minimum Gasteiger partial charge on any atom is -1.00 e. The molecule has 40 heavy (non-hydrogen) atoms. The van der Waals surface area contributed by atoms with Crippen molar-refractivity contribution in [3.8, 4) is 0 Å². The van der Waals surface area contributed by atoms with Gasteiger partial charge in [-0.1, -0.05) is 57.4 Å². The van der Waals surface area contributed by atoms with Crippen molar-refractivity contribution in [2.75, 3.05) is 5.75 Å². The summed E-state index contributed by atoms with van der Waals surface area (Å²) in [5.41, 5.74) is 3.27. The van der Waals surface area contributed by atoms with Gasteiger partial charge in [0.15, 0.2) is 5.43 Å². The maximum Gasteiger partial charge on any atom is 1.00 e. The average molecular weight is 605 g/mol. The molecule has 0 aliphatic heterocycles. The number of hydrogen-bond acceptors (Lipinski definition) is 6. The third kappa shape index (κ3) is 11.2. The van der Waals surface area contributed by atoms with E-state index >= 15 is 0 Å². The third-order valence-electron chi connectivity index (χ3n) is 6.28. The molecule has 2 N–H and O–H groups in total. The van der Waals surface area contributed by atoms with E-state index in [4.69, 9.17) is 9.52 Å². The Labute approximate surface area is 292 Å². The van der Waals surface area contributed by atoms with Crippen LogP contribution in [0, 0.1) is 0 Å². The monoisotopic (exact) mass is 604 g/mol. The normalized spacial score (nSPS) is 11.4. The van der Waals surface area contributed by atoms with Gasteiger partial charge in [-0.15, -0.1) is 11.8 Å². The van der Waals surface area contributed by atoms with E-state index < -0.39 is 11.9 Å². The second-order valence-electron chi connectivity index (χ2n) is 9.35. The van der Waals surface area contributed by atoms with E-state index in [1.807, 2.05) is 24.8 Å². The van der Waals surface area contributed by atoms with Gasteiger partial charge in [0.25, 0.3) is 0 Å². The largest absolute Gasteiger partial charge is 1.00 e. The first-order valence-corrected chi connectivity index (χ1v) is 15.3. The second kappa shape index (κ2) is 19.5. The Bertz CT molecular complexity index is 1320. The minimum atomic E-state index is -1.27. The summed E-state index contributed by atoms with van der Waals surface area (Å²) in [6.07, 6.45) is 6.16. The van der Waals surface area contributed by atoms with Crippen LogP contribution in [0.4, 0.5) is 0 Å². The molecule has 10 heteroatoms. The van der Waals surface area contributed by atoms with Crippen molar-refractivity contribution in [2.24, 2.45) is 0 Å².